The van der Waals surface area contributed by atoms with Crippen LogP contribution in [0, 0.1) is 0 Å². The van der Waals surface area contributed by atoms with Crippen LogP contribution in [0.4, 0.5) is 0 Å². The van der Waals surface area contributed by atoms with Crippen molar-refractivity contribution in [3.63, 3.8) is 0 Å². The van der Waals surface area contributed by atoms with Gasteiger partial charge in [-0.05, 0) is 35.7 Å². The molecule has 0 unspecified atom stereocenters. The molecule has 7 heteroatoms. The van der Waals surface area contributed by atoms with Crippen LogP contribution in [0.25, 0.3) is 0 Å². The number of hydrogen-bond acceptors (Lipinski definition) is 4. The standard InChI is InChI=1S/C15H11NO2.C8H5NO2.K/c17-14-12-8-4-7-11(13(12)15(18)16-14)9-10-5-2-1-3-6-10;10-7-5-3-1-2-4-6(5)8(11)9-7;/h1-8H,9H2,(H,16,17,18);1-4H,(H,9,10,11);. The Morgan fingerprint density at radius 1 is 0.533 bits per heavy atom. The molecule has 143 valence electrons. The molecule has 2 aliphatic rings. The Balaban J connectivity index is 0.000000184. The maximum atomic E-state index is 11.8. The first-order valence-corrected chi connectivity index (χ1v) is 9.01. The van der Waals surface area contributed by atoms with Gasteiger partial charge in [-0.1, -0.05) is 54.6 Å². The Hall–Kier alpha value is -2.42. The Kier molecular flexibility index (Phi) is 7.12. The molecule has 0 atom stereocenters. The molecule has 4 amide bonds. The van der Waals surface area contributed by atoms with Crippen molar-refractivity contribution in [2.75, 3.05) is 0 Å². The molecule has 2 heterocycles. The SMILES string of the molecule is O=C1NC(=O)c2c(Cc3ccccc3)cccc21.O=C1NC(=O)c2ccccc21.[K]. The number of nitrogens with one attached hydrogen (secondary N) is 2. The van der Waals surface area contributed by atoms with E-state index >= 15 is 0 Å². The van der Waals surface area contributed by atoms with Crippen LogP contribution >= 0.6 is 0 Å². The summed E-state index contributed by atoms with van der Waals surface area (Å²) < 4.78 is 0. The second-order valence-electron chi connectivity index (χ2n) is 6.61. The summed E-state index contributed by atoms with van der Waals surface area (Å²) in [5.74, 6) is -1.19. The van der Waals surface area contributed by atoms with Crippen LogP contribution in [0.1, 0.15) is 52.6 Å². The van der Waals surface area contributed by atoms with Crippen molar-refractivity contribution in [1.82, 2.24) is 10.6 Å². The molecule has 0 saturated heterocycles. The minimum Gasteiger partial charge on any atom is -0.288 e. The Bertz CT molecular complexity index is 1130. The average molecular weight is 423 g/mol. The van der Waals surface area contributed by atoms with Crippen LogP contribution in [-0.4, -0.2) is 75.0 Å². The van der Waals surface area contributed by atoms with Gasteiger partial charge in [-0.25, -0.2) is 0 Å². The van der Waals surface area contributed by atoms with Gasteiger partial charge in [0.2, 0.25) is 0 Å². The van der Waals surface area contributed by atoms with Crippen LogP contribution in [0.3, 0.4) is 0 Å². The van der Waals surface area contributed by atoms with Gasteiger partial charge in [-0.15, -0.1) is 0 Å². The number of imide groups is 2. The number of benzene rings is 3. The molecule has 3 aromatic rings. The maximum Gasteiger partial charge on any atom is 0.259 e. The van der Waals surface area contributed by atoms with Crippen molar-refractivity contribution in [3.05, 3.63) is 106 Å². The van der Waals surface area contributed by atoms with Gasteiger partial charge in [-0.2, -0.15) is 0 Å². The number of carbonyl (C=O) groups is 4. The Labute approximate surface area is 215 Å². The van der Waals surface area contributed by atoms with Crippen molar-refractivity contribution in [1.29, 1.82) is 0 Å². The van der Waals surface area contributed by atoms with Crippen molar-refractivity contribution in [2.24, 2.45) is 0 Å². The quantitative estimate of drug-likeness (QED) is 0.489. The number of amides is 4. The summed E-state index contributed by atoms with van der Waals surface area (Å²) in [4.78, 5) is 45.2. The third kappa shape index (κ3) is 4.50. The second kappa shape index (κ2) is 9.59. The molecule has 0 aromatic heterocycles. The van der Waals surface area contributed by atoms with Crippen LogP contribution in [0.2, 0.25) is 0 Å². The molecule has 0 aliphatic carbocycles. The van der Waals surface area contributed by atoms with E-state index in [1.165, 1.54) is 0 Å². The molecule has 0 bridgehead atoms. The molecule has 30 heavy (non-hydrogen) atoms. The Morgan fingerprint density at radius 3 is 1.67 bits per heavy atom. The van der Waals surface area contributed by atoms with Gasteiger partial charge in [0.1, 0.15) is 0 Å². The number of rotatable bonds is 2. The van der Waals surface area contributed by atoms with Crippen LogP contribution in [0.5, 0.6) is 0 Å². The summed E-state index contributed by atoms with van der Waals surface area (Å²) in [6.45, 7) is 0. The zero-order valence-electron chi connectivity index (χ0n) is 16.3. The summed E-state index contributed by atoms with van der Waals surface area (Å²) in [6, 6.07) is 22.0. The van der Waals surface area contributed by atoms with E-state index in [0.29, 0.717) is 28.7 Å². The van der Waals surface area contributed by atoms with Gasteiger partial charge >= 0.3 is 0 Å². The van der Waals surface area contributed by atoms with Gasteiger partial charge < -0.3 is 0 Å². The van der Waals surface area contributed by atoms with Gasteiger partial charge in [0, 0.05) is 51.4 Å². The second-order valence-corrected chi connectivity index (χ2v) is 6.61. The molecular weight excluding hydrogens is 407 g/mol. The van der Waals surface area contributed by atoms with E-state index in [-0.39, 0.29) is 75.0 Å². The molecule has 0 saturated carbocycles. The van der Waals surface area contributed by atoms with E-state index < -0.39 is 0 Å². The minimum absolute atomic E-state index is 0. The van der Waals surface area contributed by atoms with Crippen molar-refractivity contribution in [2.45, 2.75) is 6.42 Å². The van der Waals surface area contributed by atoms with E-state index in [1.54, 1.807) is 30.3 Å². The first kappa shape index (κ1) is 22.3. The van der Waals surface area contributed by atoms with E-state index in [2.05, 4.69) is 10.6 Å². The number of fused-ring (bicyclic) bond motifs is 2. The monoisotopic (exact) mass is 423 g/mol. The molecule has 0 fully saturated rings. The molecule has 1 radical (unpaired) electrons. The van der Waals surface area contributed by atoms with E-state index in [0.717, 1.165) is 11.1 Å². The largest absolute Gasteiger partial charge is 0.288 e. The molecular formula is C23H16KN2O4. The molecule has 6 nitrogen and oxygen atoms in total. The van der Waals surface area contributed by atoms with Crippen LogP contribution in [-0.2, 0) is 6.42 Å². The van der Waals surface area contributed by atoms with Gasteiger partial charge in [-0.3, -0.25) is 29.8 Å². The van der Waals surface area contributed by atoms with Crippen LogP contribution in [0.15, 0.2) is 72.8 Å². The molecule has 2 N–H and O–H groups in total. The zero-order valence-corrected chi connectivity index (χ0v) is 19.4. The first-order valence-electron chi connectivity index (χ1n) is 9.01. The zero-order chi connectivity index (χ0) is 20.4. The molecule has 0 spiro atoms. The van der Waals surface area contributed by atoms with Crippen molar-refractivity contribution >= 4 is 75.0 Å². The fraction of sp³-hybridized carbons (Fsp3) is 0.0435. The topological polar surface area (TPSA) is 92.3 Å². The van der Waals surface area contributed by atoms with E-state index in [4.69, 9.17) is 0 Å². The third-order valence-electron chi connectivity index (χ3n) is 4.73. The van der Waals surface area contributed by atoms with Gasteiger partial charge in [0.05, 0.1) is 22.3 Å². The fourth-order valence-corrected chi connectivity index (χ4v) is 3.37. The summed E-state index contributed by atoms with van der Waals surface area (Å²) in [7, 11) is 0. The summed E-state index contributed by atoms with van der Waals surface area (Å²) in [5, 5.41) is 4.53. The predicted molar refractivity (Wildman–Crippen MR) is 111 cm³/mol. The summed E-state index contributed by atoms with van der Waals surface area (Å²) in [6.07, 6.45) is 0.657. The van der Waals surface area contributed by atoms with Gasteiger partial charge in [0.15, 0.2) is 0 Å². The summed E-state index contributed by atoms with van der Waals surface area (Å²) in [5.41, 5.74) is 3.95. The van der Waals surface area contributed by atoms with Crippen LogP contribution < -0.4 is 10.6 Å². The molecule has 2 aliphatic heterocycles. The van der Waals surface area contributed by atoms with Crippen molar-refractivity contribution in [3.8, 4) is 0 Å². The fourth-order valence-electron chi connectivity index (χ4n) is 3.37. The summed E-state index contributed by atoms with van der Waals surface area (Å²) >= 11 is 0. The molecule has 3 aromatic carbocycles. The maximum absolute atomic E-state index is 11.8. The molecule has 5 rings (SSSR count). The Morgan fingerprint density at radius 2 is 1.03 bits per heavy atom. The average Bonchev–Trinajstić information content (AvgIpc) is 3.19. The van der Waals surface area contributed by atoms with Crippen molar-refractivity contribution < 1.29 is 19.2 Å². The predicted octanol–water partition coefficient (Wildman–Crippen LogP) is 2.35. The first-order chi connectivity index (χ1) is 14.0. The van der Waals surface area contributed by atoms with E-state index in [9.17, 15) is 19.2 Å². The minimum atomic E-state index is -0.301. The smallest absolute Gasteiger partial charge is 0.259 e. The third-order valence-corrected chi connectivity index (χ3v) is 4.73. The van der Waals surface area contributed by atoms with Gasteiger partial charge in [0.25, 0.3) is 23.6 Å². The number of carbonyl (C=O) groups excluding carboxylic acids is 4. The van der Waals surface area contributed by atoms with E-state index in [1.807, 2.05) is 42.5 Å². The normalized spacial score (nSPS) is 13.3. The number of hydrogen-bond donors (Lipinski definition) is 2.